The third-order valence-corrected chi connectivity index (χ3v) is 4.89. The lowest BCUT2D eigenvalue weighted by Gasteiger charge is -2.06. The molecule has 3 heterocycles. The molecule has 0 aliphatic heterocycles. The maximum atomic E-state index is 9.66. The maximum absolute atomic E-state index is 9.66. The van der Waals surface area contributed by atoms with Gasteiger partial charge in [0.2, 0.25) is 6.41 Å². The number of para-hydroxylation sites is 1. The molecule has 32 heavy (non-hydrogen) atoms. The molecule has 1 amide bonds. The molecule has 1 aromatic carbocycles. The molecule has 1 atom stereocenters. The summed E-state index contributed by atoms with van der Waals surface area (Å²) in [5.41, 5.74) is 4.77. The Kier molecular flexibility index (Phi) is 9.41. The number of nitrogens with zero attached hydrogens (tertiary/aromatic N) is 4. The largest absolute Gasteiger partial charge is 0.373 e. The molecule has 0 radical (unpaired) electrons. The number of carbonyl (C=O) groups excluding carboxylic acids is 1. The van der Waals surface area contributed by atoms with Crippen molar-refractivity contribution < 1.29 is 4.79 Å². The van der Waals surface area contributed by atoms with Gasteiger partial charge in [-0.15, -0.1) is 0 Å². The highest BCUT2D eigenvalue weighted by Gasteiger charge is 2.16. The van der Waals surface area contributed by atoms with Gasteiger partial charge in [0, 0.05) is 35.8 Å². The summed E-state index contributed by atoms with van der Waals surface area (Å²) in [7, 11) is 1.91. The maximum Gasteiger partial charge on any atom is 0.207 e. The Labute approximate surface area is 189 Å². The van der Waals surface area contributed by atoms with Crippen molar-refractivity contribution in [1.82, 2.24) is 30.3 Å². The van der Waals surface area contributed by atoms with Crippen molar-refractivity contribution >= 4 is 23.3 Å². The number of anilines is 1. The Bertz CT molecular complexity index is 1100. The summed E-state index contributed by atoms with van der Waals surface area (Å²) < 4.78 is 1.92. The molecule has 4 rings (SSSR count). The first-order valence-electron chi connectivity index (χ1n) is 10.9. The fraction of sp³-hybridized carbons (Fsp3) is 0.333. The molecule has 0 unspecified atom stereocenters. The third-order valence-electron chi connectivity index (χ3n) is 4.89. The highest BCUT2D eigenvalue weighted by Crippen LogP contribution is 2.30. The van der Waals surface area contributed by atoms with Crippen LogP contribution in [0.5, 0.6) is 0 Å². The molecule has 8 nitrogen and oxygen atoms in total. The van der Waals surface area contributed by atoms with Crippen molar-refractivity contribution in [3.63, 3.8) is 0 Å². The summed E-state index contributed by atoms with van der Waals surface area (Å²) in [5, 5.41) is 18.5. The first-order chi connectivity index (χ1) is 15.6. The molecule has 0 spiro atoms. The molecule has 0 aliphatic carbocycles. The van der Waals surface area contributed by atoms with E-state index in [2.05, 4.69) is 38.8 Å². The Balaban J connectivity index is 0.000000348. The minimum absolute atomic E-state index is 0.331. The number of carbonyl (C=O) groups is 1. The number of pyridine rings is 1. The monoisotopic (exact) mass is 435 g/mol. The van der Waals surface area contributed by atoms with Gasteiger partial charge in [0.15, 0.2) is 5.65 Å². The van der Waals surface area contributed by atoms with Crippen LogP contribution in [0.4, 0.5) is 5.82 Å². The minimum Gasteiger partial charge on any atom is -0.373 e. The summed E-state index contributed by atoms with van der Waals surface area (Å²) in [6.07, 6.45) is 5.33. The molecule has 3 aromatic heterocycles. The van der Waals surface area contributed by atoms with E-state index in [1.807, 2.05) is 76.0 Å². The van der Waals surface area contributed by atoms with E-state index in [1.54, 1.807) is 6.20 Å². The first kappa shape index (κ1) is 24.6. The normalized spacial score (nSPS) is 10.9. The number of nitrogens with one attached hydrogen (secondary N) is 3. The zero-order valence-electron chi connectivity index (χ0n) is 19.7. The van der Waals surface area contributed by atoms with E-state index < -0.39 is 0 Å². The summed E-state index contributed by atoms with van der Waals surface area (Å²) in [6, 6.07) is 12.5. The lowest BCUT2D eigenvalue weighted by molar-refractivity contribution is -0.110. The predicted molar refractivity (Wildman–Crippen MR) is 131 cm³/mol. The molecule has 4 aromatic rings. The van der Waals surface area contributed by atoms with Crippen LogP contribution < -0.4 is 10.6 Å². The molecule has 8 heteroatoms. The second kappa shape index (κ2) is 12.2. The lowest BCUT2D eigenvalue weighted by atomic mass is 10.1. The lowest BCUT2D eigenvalue weighted by Crippen LogP contribution is -2.22. The number of rotatable bonds is 6. The van der Waals surface area contributed by atoms with E-state index in [0.29, 0.717) is 6.04 Å². The SMILES string of the molecule is CC.CC[C@H](C)NC=O.CNc1c(C)c(-c2cnc3[nH]ncc3c2)nn1-c1ccccc1. The highest BCUT2D eigenvalue weighted by atomic mass is 16.1. The van der Waals surface area contributed by atoms with Crippen LogP contribution in [-0.2, 0) is 4.79 Å². The van der Waals surface area contributed by atoms with Crippen LogP contribution in [0.1, 0.15) is 39.7 Å². The highest BCUT2D eigenvalue weighted by molar-refractivity contribution is 5.81. The fourth-order valence-corrected chi connectivity index (χ4v) is 3.02. The van der Waals surface area contributed by atoms with Crippen LogP contribution >= 0.6 is 0 Å². The minimum atomic E-state index is 0.331. The van der Waals surface area contributed by atoms with E-state index >= 15 is 0 Å². The summed E-state index contributed by atoms with van der Waals surface area (Å²) >= 11 is 0. The Morgan fingerprint density at radius 1 is 1.19 bits per heavy atom. The standard InChI is InChI=1S/C17H16N6.C5H11NO.C2H6/c1-11-15(12-8-13-10-20-21-16(13)19-9-12)22-23(17(11)18-2)14-6-4-3-5-7-14;1-3-5(2)6-4-7;1-2/h3-10,18H,1-2H3,(H,19,20,21);4-5H,3H2,1-2H3,(H,6,7);1-2H3/t;5-;/m.0./s1. The molecule has 0 bridgehead atoms. The van der Waals surface area contributed by atoms with Gasteiger partial charge in [-0.1, -0.05) is 39.0 Å². The molecular formula is C24H33N7O. The van der Waals surface area contributed by atoms with Crippen LogP contribution in [0, 0.1) is 6.92 Å². The number of benzene rings is 1. The van der Waals surface area contributed by atoms with Gasteiger partial charge in [-0.3, -0.25) is 9.89 Å². The van der Waals surface area contributed by atoms with Gasteiger partial charge in [-0.25, -0.2) is 9.67 Å². The summed E-state index contributed by atoms with van der Waals surface area (Å²) in [4.78, 5) is 14.1. The van der Waals surface area contributed by atoms with Gasteiger partial charge in [0.1, 0.15) is 5.82 Å². The molecule has 170 valence electrons. The van der Waals surface area contributed by atoms with Crippen LogP contribution in [0.3, 0.4) is 0 Å². The van der Waals surface area contributed by atoms with Crippen LogP contribution in [0.2, 0.25) is 0 Å². The van der Waals surface area contributed by atoms with Gasteiger partial charge in [-0.2, -0.15) is 10.2 Å². The van der Waals surface area contributed by atoms with Crippen molar-refractivity contribution in [1.29, 1.82) is 0 Å². The smallest absolute Gasteiger partial charge is 0.207 e. The van der Waals surface area contributed by atoms with Gasteiger partial charge in [0.25, 0.3) is 0 Å². The predicted octanol–water partition coefficient (Wildman–Crippen LogP) is 4.72. The van der Waals surface area contributed by atoms with E-state index in [-0.39, 0.29) is 0 Å². The zero-order chi connectivity index (χ0) is 23.5. The van der Waals surface area contributed by atoms with Crippen molar-refractivity contribution in [3.05, 3.63) is 54.4 Å². The number of aromatic amines is 1. The Morgan fingerprint density at radius 3 is 2.50 bits per heavy atom. The number of amides is 1. The molecule has 3 N–H and O–H groups in total. The van der Waals surface area contributed by atoms with E-state index in [9.17, 15) is 4.79 Å². The van der Waals surface area contributed by atoms with Crippen molar-refractivity contribution in [2.45, 2.75) is 47.1 Å². The molecule has 0 aliphatic rings. The van der Waals surface area contributed by atoms with Crippen LogP contribution in [0.25, 0.3) is 28.0 Å². The molecule has 0 fully saturated rings. The van der Waals surface area contributed by atoms with Crippen molar-refractivity contribution in [2.75, 3.05) is 12.4 Å². The second-order valence-corrected chi connectivity index (χ2v) is 6.95. The van der Waals surface area contributed by atoms with Gasteiger partial charge in [-0.05, 0) is 38.5 Å². The molecule has 0 saturated carbocycles. The van der Waals surface area contributed by atoms with E-state index in [4.69, 9.17) is 5.10 Å². The number of fused-ring (bicyclic) bond motifs is 1. The molecular weight excluding hydrogens is 402 g/mol. The third kappa shape index (κ3) is 5.72. The fourth-order valence-electron chi connectivity index (χ4n) is 3.02. The average molecular weight is 436 g/mol. The van der Waals surface area contributed by atoms with Crippen LogP contribution in [-0.4, -0.2) is 44.5 Å². The quantitative estimate of drug-likeness (QED) is 0.381. The first-order valence-corrected chi connectivity index (χ1v) is 10.9. The topological polar surface area (TPSA) is 101 Å². The number of hydrogen-bond acceptors (Lipinski definition) is 5. The van der Waals surface area contributed by atoms with Crippen LogP contribution in [0.15, 0.2) is 48.8 Å². The van der Waals surface area contributed by atoms with Gasteiger partial charge < -0.3 is 10.6 Å². The van der Waals surface area contributed by atoms with Gasteiger partial charge >= 0.3 is 0 Å². The number of hydrogen-bond donors (Lipinski definition) is 3. The molecule has 0 saturated heterocycles. The van der Waals surface area contributed by atoms with E-state index in [0.717, 1.165) is 52.2 Å². The number of aromatic nitrogens is 5. The van der Waals surface area contributed by atoms with Crippen molar-refractivity contribution in [3.8, 4) is 16.9 Å². The van der Waals surface area contributed by atoms with Crippen molar-refractivity contribution in [2.24, 2.45) is 0 Å². The van der Waals surface area contributed by atoms with Gasteiger partial charge in [0.05, 0.1) is 17.6 Å². The Hall–Kier alpha value is -3.68. The Morgan fingerprint density at radius 2 is 1.91 bits per heavy atom. The zero-order valence-corrected chi connectivity index (χ0v) is 19.7. The van der Waals surface area contributed by atoms with E-state index in [1.165, 1.54) is 0 Å². The second-order valence-electron chi connectivity index (χ2n) is 6.95. The number of H-pyrrole nitrogens is 1. The summed E-state index contributed by atoms with van der Waals surface area (Å²) in [6.45, 7) is 10.1. The summed E-state index contributed by atoms with van der Waals surface area (Å²) in [5.74, 6) is 0.971. The average Bonchev–Trinajstić information content (AvgIpc) is 3.44.